The lowest BCUT2D eigenvalue weighted by molar-refractivity contribution is -0.123. The highest BCUT2D eigenvalue weighted by molar-refractivity contribution is 5.78. The molecule has 1 amide bonds. The van der Waals surface area contributed by atoms with E-state index < -0.39 is 5.60 Å². The van der Waals surface area contributed by atoms with E-state index in [-0.39, 0.29) is 5.91 Å². The van der Waals surface area contributed by atoms with Crippen LogP contribution in [-0.4, -0.2) is 42.1 Å². The Kier molecular flexibility index (Phi) is 4.00. The highest BCUT2D eigenvalue weighted by Gasteiger charge is 2.34. The molecule has 0 saturated heterocycles. The Balaban J connectivity index is 1.60. The first kappa shape index (κ1) is 14.5. The van der Waals surface area contributed by atoms with Crippen LogP contribution in [-0.2, 0) is 16.8 Å². The van der Waals surface area contributed by atoms with E-state index >= 15 is 0 Å². The topological polar surface area (TPSA) is 52.6 Å². The number of carbonyl (C=O) groups is 1. The monoisotopic (exact) mass is 288 g/mol. The molecule has 0 bridgehead atoms. The van der Waals surface area contributed by atoms with Crippen molar-refractivity contribution >= 4 is 5.91 Å². The first-order chi connectivity index (χ1) is 10.1. The van der Waals surface area contributed by atoms with Crippen molar-refractivity contribution in [2.45, 2.75) is 43.7 Å². The quantitative estimate of drug-likeness (QED) is 0.861. The number of aliphatic hydroxyl groups is 1. The molecule has 2 N–H and O–H groups in total. The zero-order chi connectivity index (χ0) is 14.9. The minimum Gasteiger partial charge on any atom is -0.383 e. The number of amides is 1. The molecule has 1 aromatic carbocycles. The molecule has 2 aliphatic carbocycles. The molecular formula is C17H24N2O2. The van der Waals surface area contributed by atoms with Gasteiger partial charge in [0.1, 0.15) is 5.60 Å². The Labute approximate surface area is 126 Å². The van der Waals surface area contributed by atoms with E-state index in [0.717, 1.165) is 18.4 Å². The molecule has 1 unspecified atom stereocenters. The molecular weight excluding hydrogens is 264 g/mol. The second kappa shape index (κ2) is 5.78. The Morgan fingerprint density at radius 3 is 2.95 bits per heavy atom. The van der Waals surface area contributed by atoms with E-state index in [1.54, 1.807) is 0 Å². The van der Waals surface area contributed by atoms with Crippen LogP contribution in [0, 0.1) is 0 Å². The number of likely N-dealkylation sites (N-methyl/N-ethyl adjacent to an activating group) is 1. The molecule has 0 aromatic heterocycles. The van der Waals surface area contributed by atoms with Crippen molar-refractivity contribution in [1.82, 2.24) is 10.2 Å². The normalized spacial score (nSPS) is 24.7. The molecule has 0 spiro atoms. The summed E-state index contributed by atoms with van der Waals surface area (Å²) >= 11 is 0. The van der Waals surface area contributed by atoms with Crippen molar-refractivity contribution in [3.63, 3.8) is 0 Å². The molecule has 1 atom stereocenters. The second-order valence-electron chi connectivity index (χ2n) is 6.47. The summed E-state index contributed by atoms with van der Waals surface area (Å²) in [6.45, 7) is 0.726. The molecule has 0 heterocycles. The first-order valence-electron chi connectivity index (χ1n) is 7.86. The third-order valence-corrected chi connectivity index (χ3v) is 4.70. The van der Waals surface area contributed by atoms with Crippen molar-refractivity contribution in [3.05, 3.63) is 35.4 Å². The standard InChI is InChI=1S/C17H24N2O2/c1-19(14-8-9-14)11-16(20)18-12-17(21)10-4-6-13-5-2-3-7-15(13)17/h2-3,5,7,14,21H,4,6,8-12H2,1H3,(H,18,20). The Morgan fingerprint density at radius 1 is 1.43 bits per heavy atom. The van der Waals surface area contributed by atoms with Crippen LogP contribution < -0.4 is 5.32 Å². The maximum absolute atomic E-state index is 12.0. The predicted molar refractivity (Wildman–Crippen MR) is 81.9 cm³/mol. The summed E-state index contributed by atoms with van der Waals surface area (Å²) in [5.74, 6) is 0.000814. The van der Waals surface area contributed by atoms with Gasteiger partial charge in [0.15, 0.2) is 0 Å². The fourth-order valence-electron chi connectivity index (χ4n) is 3.25. The fraction of sp³-hybridized carbons (Fsp3) is 0.588. The average molecular weight is 288 g/mol. The highest BCUT2D eigenvalue weighted by atomic mass is 16.3. The second-order valence-corrected chi connectivity index (χ2v) is 6.47. The number of nitrogens with one attached hydrogen (secondary N) is 1. The van der Waals surface area contributed by atoms with Crippen LogP contribution in [0.4, 0.5) is 0 Å². The van der Waals surface area contributed by atoms with Crippen LogP contribution in [0.1, 0.15) is 36.8 Å². The minimum absolute atomic E-state index is 0.000814. The van der Waals surface area contributed by atoms with E-state index in [2.05, 4.69) is 16.3 Å². The lowest BCUT2D eigenvalue weighted by Crippen LogP contribution is -2.45. The van der Waals surface area contributed by atoms with Crippen LogP contribution in [0.2, 0.25) is 0 Å². The van der Waals surface area contributed by atoms with E-state index in [4.69, 9.17) is 0 Å². The van der Waals surface area contributed by atoms with Gasteiger partial charge >= 0.3 is 0 Å². The van der Waals surface area contributed by atoms with Gasteiger partial charge in [0.05, 0.1) is 13.1 Å². The zero-order valence-corrected chi connectivity index (χ0v) is 12.6. The largest absolute Gasteiger partial charge is 0.383 e. The maximum Gasteiger partial charge on any atom is 0.234 e. The fourth-order valence-corrected chi connectivity index (χ4v) is 3.25. The molecule has 1 aromatic rings. The van der Waals surface area contributed by atoms with E-state index in [0.29, 0.717) is 25.6 Å². The van der Waals surface area contributed by atoms with Crippen molar-refractivity contribution in [3.8, 4) is 0 Å². The van der Waals surface area contributed by atoms with Gasteiger partial charge in [0, 0.05) is 6.04 Å². The summed E-state index contributed by atoms with van der Waals surface area (Å²) in [6, 6.07) is 8.60. The van der Waals surface area contributed by atoms with Crippen molar-refractivity contribution in [1.29, 1.82) is 0 Å². The minimum atomic E-state index is -0.914. The summed E-state index contributed by atoms with van der Waals surface area (Å²) in [4.78, 5) is 14.1. The molecule has 21 heavy (non-hydrogen) atoms. The van der Waals surface area contributed by atoms with Crippen LogP contribution in [0.25, 0.3) is 0 Å². The summed E-state index contributed by atoms with van der Waals surface area (Å²) in [5, 5.41) is 13.8. The average Bonchev–Trinajstić information content (AvgIpc) is 3.31. The third kappa shape index (κ3) is 3.27. The van der Waals surface area contributed by atoms with Crippen LogP contribution >= 0.6 is 0 Å². The molecule has 3 rings (SSSR count). The first-order valence-corrected chi connectivity index (χ1v) is 7.86. The van der Waals surface area contributed by atoms with Crippen molar-refractivity contribution in [2.24, 2.45) is 0 Å². The molecule has 2 aliphatic rings. The summed E-state index contributed by atoms with van der Waals surface area (Å²) < 4.78 is 0. The van der Waals surface area contributed by atoms with Crippen LogP contribution in [0.15, 0.2) is 24.3 Å². The number of fused-ring (bicyclic) bond motifs is 1. The summed E-state index contributed by atoms with van der Waals surface area (Å²) in [5.41, 5.74) is 1.27. The highest BCUT2D eigenvalue weighted by Crippen LogP contribution is 2.34. The van der Waals surface area contributed by atoms with Gasteiger partial charge in [-0.2, -0.15) is 0 Å². The van der Waals surface area contributed by atoms with Gasteiger partial charge < -0.3 is 10.4 Å². The van der Waals surface area contributed by atoms with Gasteiger partial charge in [0.25, 0.3) is 0 Å². The third-order valence-electron chi connectivity index (χ3n) is 4.70. The molecule has 0 radical (unpaired) electrons. The Hall–Kier alpha value is -1.39. The van der Waals surface area contributed by atoms with Crippen LogP contribution in [0.5, 0.6) is 0 Å². The van der Waals surface area contributed by atoms with E-state index in [9.17, 15) is 9.90 Å². The van der Waals surface area contributed by atoms with E-state index in [1.165, 1.54) is 18.4 Å². The number of carbonyl (C=O) groups excluding carboxylic acids is 1. The molecule has 4 heteroatoms. The van der Waals surface area contributed by atoms with Gasteiger partial charge in [-0.15, -0.1) is 0 Å². The van der Waals surface area contributed by atoms with Crippen molar-refractivity contribution < 1.29 is 9.90 Å². The Morgan fingerprint density at radius 2 is 2.19 bits per heavy atom. The zero-order valence-electron chi connectivity index (χ0n) is 12.6. The number of aryl methyl sites for hydroxylation is 1. The van der Waals surface area contributed by atoms with Gasteiger partial charge in [-0.05, 0) is 50.3 Å². The number of hydrogen-bond acceptors (Lipinski definition) is 3. The Bertz CT molecular complexity index is 527. The summed E-state index contributed by atoms with van der Waals surface area (Å²) in [7, 11) is 1.99. The molecule has 0 aliphatic heterocycles. The van der Waals surface area contributed by atoms with Gasteiger partial charge in [-0.1, -0.05) is 24.3 Å². The number of benzene rings is 1. The lowest BCUT2D eigenvalue weighted by atomic mass is 9.79. The number of hydrogen-bond donors (Lipinski definition) is 2. The van der Waals surface area contributed by atoms with Gasteiger partial charge in [0.2, 0.25) is 5.91 Å². The van der Waals surface area contributed by atoms with Gasteiger partial charge in [-0.25, -0.2) is 0 Å². The van der Waals surface area contributed by atoms with E-state index in [1.807, 2.05) is 25.2 Å². The van der Waals surface area contributed by atoms with Gasteiger partial charge in [-0.3, -0.25) is 9.69 Å². The molecule has 1 saturated carbocycles. The SMILES string of the molecule is CN(CC(=O)NCC1(O)CCCc2ccccc21)C1CC1. The molecule has 1 fully saturated rings. The summed E-state index contributed by atoms with van der Waals surface area (Å²) in [6.07, 6.45) is 5.08. The van der Waals surface area contributed by atoms with Crippen LogP contribution in [0.3, 0.4) is 0 Å². The maximum atomic E-state index is 12.0. The molecule has 114 valence electrons. The number of nitrogens with zero attached hydrogens (tertiary/aromatic N) is 1. The van der Waals surface area contributed by atoms with Crippen molar-refractivity contribution in [2.75, 3.05) is 20.1 Å². The predicted octanol–water partition coefficient (Wildman–Crippen LogP) is 1.42. The number of rotatable bonds is 5. The molecule has 4 nitrogen and oxygen atoms in total. The smallest absolute Gasteiger partial charge is 0.234 e. The lowest BCUT2D eigenvalue weighted by Gasteiger charge is -2.34.